The van der Waals surface area contributed by atoms with E-state index in [0.717, 1.165) is 22.0 Å². The van der Waals surface area contributed by atoms with Gasteiger partial charge in [-0.1, -0.05) is 72.5 Å². The van der Waals surface area contributed by atoms with Gasteiger partial charge in [-0.05, 0) is 48.8 Å². The summed E-state index contributed by atoms with van der Waals surface area (Å²) in [6, 6.07) is 18.1. The van der Waals surface area contributed by atoms with Gasteiger partial charge in [0, 0.05) is 0 Å². The van der Waals surface area contributed by atoms with Crippen LogP contribution in [0.2, 0.25) is 0 Å². The lowest BCUT2D eigenvalue weighted by Crippen LogP contribution is -2.28. The zero-order valence-corrected chi connectivity index (χ0v) is 17.7. The van der Waals surface area contributed by atoms with Crippen LogP contribution < -0.4 is 5.32 Å². The van der Waals surface area contributed by atoms with Crippen LogP contribution in [0.15, 0.2) is 58.9 Å². The molecule has 0 saturated carbocycles. The van der Waals surface area contributed by atoms with Gasteiger partial charge in [-0.15, -0.1) is 5.10 Å². The monoisotopic (exact) mass is 415 g/mol. The van der Waals surface area contributed by atoms with E-state index in [1.807, 2.05) is 37.3 Å². The van der Waals surface area contributed by atoms with Crippen LogP contribution in [0.3, 0.4) is 0 Å². The lowest BCUT2D eigenvalue weighted by atomic mass is 10.1. The van der Waals surface area contributed by atoms with E-state index in [-0.39, 0.29) is 11.9 Å². The molecule has 140 valence electrons. The average molecular weight is 416 g/mol. The number of aryl methyl sites for hydroxylation is 1. The molecule has 1 N–H and O–H groups in total. The largest absolute Gasteiger partial charge is 0.349 e. The maximum atomic E-state index is 12.3. The smallest absolute Gasteiger partial charge is 0.230 e. The van der Waals surface area contributed by atoms with Crippen molar-refractivity contribution in [2.24, 2.45) is 0 Å². The lowest BCUT2D eigenvalue weighted by Gasteiger charge is -2.14. The number of carbonyl (C=O) groups excluding carboxylic acids is 1. The predicted octanol–water partition coefficient (Wildman–Crippen LogP) is 5.20. The molecule has 3 aromatic rings. The number of carbonyl (C=O) groups is 1. The van der Waals surface area contributed by atoms with E-state index in [2.05, 4.69) is 41.6 Å². The second kappa shape index (κ2) is 9.30. The van der Waals surface area contributed by atoms with E-state index in [1.165, 1.54) is 28.7 Å². The third-order valence-corrected chi connectivity index (χ3v) is 6.49. The van der Waals surface area contributed by atoms with E-state index < -0.39 is 0 Å². The summed E-state index contributed by atoms with van der Waals surface area (Å²) in [4.78, 5) is 12.3. The third kappa shape index (κ3) is 5.28. The molecule has 0 aliphatic heterocycles. The van der Waals surface area contributed by atoms with E-state index in [0.29, 0.717) is 9.71 Å². The third-order valence-electron chi connectivity index (χ3n) is 4.12. The second-order valence-electron chi connectivity index (χ2n) is 6.05. The first-order valence-corrected chi connectivity index (χ1v) is 10.9. The number of rotatable bonds is 7. The van der Waals surface area contributed by atoms with Gasteiger partial charge < -0.3 is 5.32 Å². The number of amides is 1. The van der Waals surface area contributed by atoms with Gasteiger partial charge in [0.1, 0.15) is 0 Å². The van der Waals surface area contributed by atoms with Crippen LogP contribution in [-0.4, -0.2) is 21.4 Å². The highest BCUT2D eigenvalue weighted by Crippen LogP contribution is 2.24. The van der Waals surface area contributed by atoms with Gasteiger partial charge >= 0.3 is 0 Å². The predicted molar refractivity (Wildman–Crippen MR) is 115 cm³/mol. The fourth-order valence-corrected chi connectivity index (χ4v) is 4.76. The maximum Gasteiger partial charge on any atom is 0.230 e. The van der Waals surface area contributed by atoms with Crippen molar-refractivity contribution in [1.29, 1.82) is 0 Å². The fourth-order valence-electron chi connectivity index (χ4n) is 2.59. The maximum absolute atomic E-state index is 12.3. The average Bonchev–Trinajstić information content (AvgIpc) is 3.07. The summed E-state index contributed by atoms with van der Waals surface area (Å²) in [5.74, 6) is 0.300. The Morgan fingerprint density at radius 1 is 1.22 bits per heavy atom. The zero-order chi connectivity index (χ0) is 19.2. The molecule has 0 saturated heterocycles. The number of thioether (sulfide) groups is 1. The summed E-state index contributed by atoms with van der Waals surface area (Å²) in [6.07, 6.45) is 1.01. The molecule has 1 heterocycles. The van der Waals surface area contributed by atoms with Gasteiger partial charge in [-0.3, -0.25) is 4.79 Å². The molecule has 0 spiro atoms. The van der Waals surface area contributed by atoms with Gasteiger partial charge in [0.2, 0.25) is 5.91 Å². The molecule has 27 heavy (non-hydrogen) atoms. The van der Waals surface area contributed by atoms with Crippen molar-refractivity contribution in [2.75, 3.05) is 5.75 Å². The first kappa shape index (κ1) is 19.8. The SMILES string of the molecule is CCc1ccc([C@@H](C)NC(=O)CSc2nn(-c3ccccc3)c(=S)s2)cc1. The Morgan fingerprint density at radius 2 is 1.93 bits per heavy atom. The number of hydrogen-bond donors (Lipinski definition) is 1. The Morgan fingerprint density at radius 3 is 2.59 bits per heavy atom. The fraction of sp³-hybridized carbons (Fsp3) is 0.250. The normalized spacial score (nSPS) is 11.9. The van der Waals surface area contributed by atoms with Crippen molar-refractivity contribution in [3.05, 3.63) is 69.7 Å². The van der Waals surface area contributed by atoms with Crippen LogP contribution in [0, 0.1) is 3.95 Å². The Balaban J connectivity index is 1.57. The molecular weight excluding hydrogens is 394 g/mol. The van der Waals surface area contributed by atoms with Crippen LogP contribution in [0.4, 0.5) is 0 Å². The summed E-state index contributed by atoms with van der Waals surface area (Å²) >= 11 is 8.22. The minimum Gasteiger partial charge on any atom is -0.349 e. The molecule has 7 heteroatoms. The summed E-state index contributed by atoms with van der Waals surface area (Å²) < 4.78 is 3.20. The number of nitrogens with zero attached hydrogens (tertiary/aromatic N) is 2. The summed E-state index contributed by atoms with van der Waals surface area (Å²) in [7, 11) is 0. The topological polar surface area (TPSA) is 46.9 Å². The first-order valence-electron chi connectivity index (χ1n) is 8.73. The van der Waals surface area contributed by atoms with E-state index in [1.54, 1.807) is 4.68 Å². The number of nitrogens with one attached hydrogen (secondary N) is 1. The lowest BCUT2D eigenvalue weighted by molar-refractivity contribution is -0.119. The van der Waals surface area contributed by atoms with Crippen molar-refractivity contribution < 1.29 is 4.79 Å². The standard InChI is InChI=1S/C20H21N3OS3/c1-3-15-9-11-16(12-10-15)14(2)21-18(24)13-26-19-22-23(20(25)27-19)17-7-5-4-6-8-17/h4-12,14H,3,13H2,1-2H3,(H,21,24)/t14-/m1/s1. The number of hydrogen-bond acceptors (Lipinski definition) is 5. The zero-order valence-electron chi connectivity index (χ0n) is 15.2. The van der Waals surface area contributed by atoms with Crippen molar-refractivity contribution in [2.45, 2.75) is 30.6 Å². The van der Waals surface area contributed by atoms with Gasteiger partial charge in [0.05, 0.1) is 17.5 Å². The summed E-state index contributed by atoms with van der Waals surface area (Å²) in [6.45, 7) is 4.13. The minimum atomic E-state index is -0.0240. The van der Waals surface area contributed by atoms with Gasteiger partial charge in [0.25, 0.3) is 0 Å². The number of aromatic nitrogens is 2. The molecule has 0 aliphatic carbocycles. The molecule has 0 fully saturated rings. The van der Waals surface area contributed by atoms with Crippen LogP contribution in [0.5, 0.6) is 0 Å². The molecule has 2 aromatic carbocycles. The second-order valence-corrected chi connectivity index (χ2v) is 8.90. The summed E-state index contributed by atoms with van der Waals surface area (Å²) in [5, 5.41) is 7.56. The van der Waals surface area contributed by atoms with Crippen LogP contribution >= 0.6 is 35.3 Å². The van der Waals surface area contributed by atoms with Crippen LogP contribution in [-0.2, 0) is 11.2 Å². The van der Waals surface area contributed by atoms with Crippen LogP contribution in [0.25, 0.3) is 5.69 Å². The highest BCUT2D eigenvalue weighted by Gasteiger charge is 2.12. The number of benzene rings is 2. The molecule has 4 nitrogen and oxygen atoms in total. The Bertz CT molecular complexity index is 949. The molecule has 1 amide bonds. The molecule has 0 aliphatic rings. The highest BCUT2D eigenvalue weighted by molar-refractivity contribution is 8.01. The van der Waals surface area contributed by atoms with Gasteiger partial charge in [-0.2, -0.15) is 0 Å². The molecular formula is C20H21N3OS3. The van der Waals surface area contributed by atoms with E-state index >= 15 is 0 Å². The van der Waals surface area contributed by atoms with Gasteiger partial charge in [-0.25, -0.2) is 4.68 Å². The Hall–Kier alpha value is -1.96. The van der Waals surface area contributed by atoms with E-state index in [9.17, 15) is 4.79 Å². The molecule has 0 bridgehead atoms. The molecule has 0 unspecified atom stereocenters. The van der Waals surface area contributed by atoms with Crippen molar-refractivity contribution in [3.8, 4) is 5.69 Å². The van der Waals surface area contributed by atoms with E-state index in [4.69, 9.17) is 12.2 Å². The minimum absolute atomic E-state index is 0.0144. The molecule has 1 atom stereocenters. The number of para-hydroxylation sites is 1. The van der Waals surface area contributed by atoms with Crippen molar-refractivity contribution in [1.82, 2.24) is 15.1 Å². The first-order chi connectivity index (χ1) is 13.1. The Kier molecular flexibility index (Phi) is 6.82. The summed E-state index contributed by atoms with van der Waals surface area (Å²) in [5.41, 5.74) is 3.33. The van der Waals surface area contributed by atoms with Crippen LogP contribution in [0.1, 0.15) is 31.0 Å². The van der Waals surface area contributed by atoms with Gasteiger partial charge in [0.15, 0.2) is 8.29 Å². The molecule has 3 rings (SSSR count). The quantitative estimate of drug-likeness (QED) is 0.426. The van der Waals surface area contributed by atoms with Crippen molar-refractivity contribution in [3.63, 3.8) is 0 Å². The van der Waals surface area contributed by atoms with Crippen molar-refractivity contribution >= 4 is 41.2 Å². The molecule has 0 radical (unpaired) electrons. The highest BCUT2D eigenvalue weighted by atomic mass is 32.2. The Labute approximate surface area is 172 Å². The molecule has 1 aromatic heterocycles.